The first kappa shape index (κ1) is 18.9. The van der Waals surface area contributed by atoms with Crippen molar-refractivity contribution in [2.45, 2.75) is 19.4 Å². The molecule has 0 aliphatic carbocycles. The number of hydrogen-bond donors (Lipinski definition) is 1. The van der Waals surface area contributed by atoms with Gasteiger partial charge in [-0.25, -0.2) is 9.97 Å². The number of carbonyl (C=O) groups excluding carboxylic acids is 1. The number of carbonyl (C=O) groups is 1. The predicted octanol–water partition coefficient (Wildman–Crippen LogP) is 1.91. The summed E-state index contributed by atoms with van der Waals surface area (Å²) in [6.07, 6.45) is 6.43. The predicted molar refractivity (Wildman–Crippen MR) is 114 cm³/mol. The maximum absolute atomic E-state index is 11.8. The zero-order chi connectivity index (χ0) is 20.7. The van der Waals surface area contributed by atoms with Crippen molar-refractivity contribution in [3.63, 3.8) is 0 Å². The Balaban J connectivity index is 1.27. The number of hydrogen-bond acceptors (Lipinski definition) is 6. The number of ether oxygens (including phenoxy) is 1. The molecule has 1 fully saturated rings. The van der Waals surface area contributed by atoms with Crippen molar-refractivity contribution in [2.75, 3.05) is 44.7 Å². The highest BCUT2D eigenvalue weighted by Crippen LogP contribution is 2.31. The second kappa shape index (κ2) is 7.60. The van der Waals surface area contributed by atoms with Crippen molar-refractivity contribution in [1.82, 2.24) is 24.6 Å². The molecule has 2 aromatic heterocycles. The molecule has 3 aromatic rings. The number of rotatable bonds is 4. The quantitative estimate of drug-likeness (QED) is 0.713. The maximum atomic E-state index is 11.8. The van der Waals surface area contributed by atoms with Crippen LogP contribution in [0.2, 0.25) is 0 Å². The molecular weight excluding hydrogens is 380 g/mol. The van der Waals surface area contributed by atoms with Crippen LogP contribution < -0.4 is 15.0 Å². The van der Waals surface area contributed by atoms with Crippen LogP contribution >= 0.6 is 0 Å². The molecule has 8 heteroatoms. The number of piperazine rings is 1. The number of imidazole rings is 1. The monoisotopic (exact) mass is 406 g/mol. The molecule has 1 N–H and O–H groups in total. The van der Waals surface area contributed by atoms with E-state index < -0.39 is 0 Å². The Morgan fingerprint density at radius 1 is 1.20 bits per heavy atom. The van der Waals surface area contributed by atoms with Crippen LogP contribution in [0.5, 0.6) is 5.75 Å². The molecule has 30 heavy (non-hydrogen) atoms. The van der Waals surface area contributed by atoms with Gasteiger partial charge in [0.25, 0.3) is 5.91 Å². The molecule has 1 atom stereocenters. The smallest absolute Gasteiger partial charge is 0.271 e. The van der Waals surface area contributed by atoms with E-state index in [2.05, 4.69) is 50.2 Å². The summed E-state index contributed by atoms with van der Waals surface area (Å²) in [4.78, 5) is 25.5. The molecule has 1 amide bonds. The van der Waals surface area contributed by atoms with Crippen LogP contribution in [0.25, 0.3) is 5.65 Å². The van der Waals surface area contributed by atoms with E-state index in [0.717, 1.165) is 50.8 Å². The van der Waals surface area contributed by atoms with Gasteiger partial charge in [0.05, 0.1) is 19.0 Å². The minimum Gasteiger partial charge on any atom is -0.493 e. The van der Waals surface area contributed by atoms with Crippen molar-refractivity contribution >= 4 is 17.4 Å². The highest BCUT2D eigenvalue weighted by atomic mass is 16.5. The van der Waals surface area contributed by atoms with E-state index in [-0.39, 0.29) is 5.91 Å². The third-order valence-corrected chi connectivity index (χ3v) is 6.18. The van der Waals surface area contributed by atoms with Gasteiger partial charge in [0.2, 0.25) is 0 Å². The van der Waals surface area contributed by atoms with Gasteiger partial charge in [0, 0.05) is 51.9 Å². The molecule has 0 radical (unpaired) electrons. The summed E-state index contributed by atoms with van der Waals surface area (Å²) in [6.45, 7) is 6.80. The molecule has 4 heterocycles. The Kier molecular flexibility index (Phi) is 4.78. The van der Waals surface area contributed by atoms with Gasteiger partial charge in [0.1, 0.15) is 17.3 Å². The van der Waals surface area contributed by atoms with Crippen LogP contribution in [0.4, 0.5) is 5.82 Å². The van der Waals surface area contributed by atoms with Crippen molar-refractivity contribution in [3.8, 4) is 5.75 Å². The van der Waals surface area contributed by atoms with Crippen LogP contribution in [-0.4, -0.2) is 65.0 Å². The second-order valence-corrected chi connectivity index (χ2v) is 7.88. The van der Waals surface area contributed by atoms with E-state index >= 15 is 0 Å². The fourth-order valence-corrected chi connectivity index (χ4v) is 4.28. The highest BCUT2D eigenvalue weighted by Gasteiger charge is 2.24. The first-order chi connectivity index (χ1) is 14.6. The van der Waals surface area contributed by atoms with Crippen LogP contribution in [0.1, 0.15) is 34.6 Å². The number of fused-ring (bicyclic) bond motifs is 2. The molecule has 2 aliphatic heterocycles. The number of anilines is 1. The van der Waals surface area contributed by atoms with Crippen molar-refractivity contribution in [2.24, 2.45) is 0 Å². The number of benzene rings is 1. The van der Waals surface area contributed by atoms with Crippen molar-refractivity contribution in [3.05, 3.63) is 53.6 Å². The second-order valence-electron chi connectivity index (χ2n) is 7.88. The molecule has 1 aromatic carbocycles. The zero-order valence-corrected chi connectivity index (χ0v) is 17.3. The van der Waals surface area contributed by atoms with E-state index in [1.807, 2.05) is 10.6 Å². The Morgan fingerprint density at radius 2 is 2.03 bits per heavy atom. The Morgan fingerprint density at radius 3 is 2.83 bits per heavy atom. The van der Waals surface area contributed by atoms with Gasteiger partial charge in [-0.3, -0.25) is 9.69 Å². The van der Waals surface area contributed by atoms with Crippen molar-refractivity contribution < 1.29 is 9.53 Å². The first-order valence-electron chi connectivity index (χ1n) is 10.4. The Labute approximate surface area is 175 Å². The normalized spacial score (nSPS) is 17.6. The maximum Gasteiger partial charge on any atom is 0.271 e. The van der Waals surface area contributed by atoms with Crippen LogP contribution in [0.3, 0.4) is 0 Å². The van der Waals surface area contributed by atoms with Gasteiger partial charge < -0.3 is 19.4 Å². The average molecular weight is 406 g/mol. The first-order valence-corrected chi connectivity index (χ1v) is 10.4. The lowest BCUT2D eigenvalue weighted by Gasteiger charge is -2.38. The average Bonchev–Trinajstić information content (AvgIpc) is 3.43. The molecule has 1 saturated heterocycles. The summed E-state index contributed by atoms with van der Waals surface area (Å²) in [5.74, 6) is 1.76. The van der Waals surface area contributed by atoms with Crippen LogP contribution in [-0.2, 0) is 6.42 Å². The minimum absolute atomic E-state index is 0.195. The SMILES string of the molecule is CNC(=O)c1cn2cc(N3CCN(C(C)c4ccc5c(c4)OCC5)CC3)ncc2n1. The number of aromatic nitrogens is 3. The van der Waals surface area contributed by atoms with Gasteiger partial charge in [-0.15, -0.1) is 0 Å². The zero-order valence-electron chi connectivity index (χ0n) is 17.3. The third kappa shape index (κ3) is 3.37. The lowest BCUT2D eigenvalue weighted by atomic mass is 10.0. The van der Waals surface area contributed by atoms with E-state index in [1.54, 1.807) is 19.4 Å². The molecule has 0 bridgehead atoms. The number of amides is 1. The number of nitrogens with one attached hydrogen (secondary N) is 1. The van der Waals surface area contributed by atoms with Crippen LogP contribution in [0.15, 0.2) is 36.8 Å². The number of nitrogens with zero attached hydrogens (tertiary/aromatic N) is 5. The fraction of sp³-hybridized carbons (Fsp3) is 0.409. The molecule has 2 aliphatic rings. The van der Waals surface area contributed by atoms with Crippen LogP contribution in [0, 0.1) is 0 Å². The minimum atomic E-state index is -0.195. The highest BCUT2D eigenvalue weighted by molar-refractivity contribution is 5.92. The summed E-state index contributed by atoms with van der Waals surface area (Å²) >= 11 is 0. The van der Waals surface area contributed by atoms with Gasteiger partial charge in [-0.2, -0.15) is 0 Å². The lowest BCUT2D eigenvalue weighted by Crippen LogP contribution is -2.47. The Bertz CT molecular complexity index is 1090. The van der Waals surface area contributed by atoms with E-state index in [0.29, 0.717) is 17.4 Å². The van der Waals surface area contributed by atoms with Gasteiger partial charge in [0.15, 0.2) is 5.65 Å². The van der Waals surface area contributed by atoms with E-state index in [4.69, 9.17) is 4.74 Å². The fourth-order valence-electron chi connectivity index (χ4n) is 4.28. The molecular formula is C22H26N6O2. The molecule has 156 valence electrons. The largest absolute Gasteiger partial charge is 0.493 e. The summed E-state index contributed by atoms with van der Waals surface area (Å²) in [5.41, 5.74) is 3.69. The Hall–Kier alpha value is -3.13. The lowest BCUT2D eigenvalue weighted by molar-refractivity contribution is 0.0958. The molecule has 0 saturated carbocycles. The molecule has 1 unspecified atom stereocenters. The van der Waals surface area contributed by atoms with Crippen molar-refractivity contribution in [1.29, 1.82) is 0 Å². The van der Waals surface area contributed by atoms with Gasteiger partial charge in [-0.1, -0.05) is 12.1 Å². The molecule has 0 spiro atoms. The van der Waals surface area contributed by atoms with Gasteiger partial charge in [-0.05, 0) is 24.1 Å². The summed E-state index contributed by atoms with van der Waals surface area (Å²) in [5, 5.41) is 2.60. The molecule has 8 nitrogen and oxygen atoms in total. The standard InChI is InChI=1S/C22H26N6O2/c1-15(17-4-3-16-5-10-30-19(16)11-17)26-6-8-27(9-7-26)21-14-28-13-18(22(29)23-2)25-20(28)12-24-21/h3-4,11-15H,5-10H2,1-2H3,(H,23,29). The summed E-state index contributed by atoms with van der Waals surface area (Å²) in [6, 6.07) is 7.00. The summed E-state index contributed by atoms with van der Waals surface area (Å²) < 4.78 is 7.61. The van der Waals surface area contributed by atoms with E-state index in [9.17, 15) is 4.79 Å². The topological polar surface area (TPSA) is 75.0 Å². The third-order valence-electron chi connectivity index (χ3n) is 6.18. The summed E-state index contributed by atoms with van der Waals surface area (Å²) in [7, 11) is 1.60. The molecule has 5 rings (SSSR count). The van der Waals surface area contributed by atoms with E-state index in [1.165, 1.54) is 11.1 Å². The van der Waals surface area contributed by atoms with Gasteiger partial charge >= 0.3 is 0 Å².